The Labute approximate surface area is 183 Å². The molecule has 0 saturated carbocycles. The monoisotopic (exact) mass is 432 g/mol. The molecule has 0 aromatic heterocycles. The van der Waals surface area contributed by atoms with Gasteiger partial charge in [-0.1, -0.05) is 0 Å². The van der Waals surface area contributed by atoms with Gasteiger partial charge in [-0.05, 0) is 44.2 Å². The van der Waals surface area contributed by atoms with Gasteiger partial charge in [0.25, 0.3) is 5.91 Å². The van der Waals surface area contributed by atoms with E-state index < -0.39 is 0 Å². The standard InChI is InChI=1S/C23H32N2O6/c1-16-22(31-12-11-30-16)23(27)25-10-4-5-17(15-25)6-9-21(26)24-14-18-7-8-19(28-2)13-20(18)29-3/h7-8,13,17H,4-6,9-12,14-15H2,1-3H3,(H,24,26)/t17-/m1/s1. The highest BCUT2D eigenvalue weighted by Gasteiger charge is 2.29. The largest absolute Gasteiger partial charge is 0.497 e. The van der Waals surface area contributed by atoms with Crippen molar-refractivity contribution in [3.05, 3.63) is 35.3 Å². The molecule has 8 heteroatoms. The van der Waals surface area contributed by atoms with E-state index in [-0.39, 0.29) is 11.8 Å². The molecule has 1 atom stereocenters. The number of nitrogens with zero attached hydrogens (tertiary/aromatic N) is 1. The highest BCUT2D eigenvalue weighted by molar-refractivity contribution is 5.92. The molecular formula is C23H32N2O6. The molecule has 2 heterocycles. The average Bonchev–Trinajstić information content (AvgIpc) is 2.81. The summed E-state index contributed by atoms with van der Waals surface area (Å²) in [5.41, 5.74) is 0.893. The lowest BCUT2D eigenvalue weighted by atomic mass is 9.93. The topological polar surface area (TPSA) is 86.3 Å². The van der Waals surface area contributed by atoms with Crippen molar-refractivity contribution in [1.82, 2.24) is 10.2 Å². The Morgan fingerprint density at radius 3 is 2.74 bits per heavy atom. The van der Waals surface area contributed by atoms with Gasteiger partial charge in [-0.15, -0.1) is 0 Å². The molecule has 0 radical (unpaired) electrons. The summed E-state index contributed by atoms with van der Waals surface area (Å²) in [7, 11) is 3.20. The van der Waals surface area contributed by atoms with Crippen molar-refractivity contribution in [2.24, 2.45) is 5.92 Å². The van der Waals surface area contributed by atoms with Gasteiger partial charge >= 0.3 is 0 Å². The molecule has 2 aliphatic rings. The molecule has 0 spiro atoms. The first-order valence-corrected chi connectivity index (χ1v) is 10.7. The zero-order chi connectivity index (χ0) is 22.2. The summed E-state index contributed by atoms with van der Waals surface area (Å²) >= 11 is 0. The minimum absolute atomic E-state index is 0.0103. The van der Waals surface area contributed by atoms with E-state index in [1.165, 1.54) is 0 Å². The van der Waals surface area contributed by atoms with E-state index in [4.69, 9.17) is 18.9 Å². The smallest absolute Gasteiger partial charge is 0.292 e. The van der Waals surface area contributed by atoms with Crippen LogP contribution in [0.2, 0.25) is 0 Å². The van der Waals surface area contributed by atoms with Gasteiger partial charge in [0.05, 0.1) is 14.2 Å². The van der Waals surface area contributed by atoms with Crippen LogP contribution in [0.4, 0.5) is 0 Å². The minimum Gasteiger partial charge on any atom is -0.497 e. The molecule has 2 amide bonds. The highest BCUT2D eigenvalue weighted by Crippen LogP contribution is 2.26. The van der Waals surface area contributed by atoms with Crippen LogP contribution in [-0.2, 0) is 25.6 Å². The third-order valence-electron chi connectivity index (χ3n) is 5.72. The van der Waals surface area contributed by atoms with Gasteiger partial charge < -0.3 is 29.2 Å². The van der Waals surface area contributed by atoms with Gasteiger partial charge in [0, 0.05) is 37.7 Å². The third-order valence-corrected chi connectivity index (χ3v) is 5.72. The number of amides is 2. The van der Waals surface area contributed by atoms with E-state index in [9.17, 15) is 9.59 Å². The molecule has 170 valence electrons. The Kier molecular flexibility index (Phi) is 8.03. The van der Waals surface area contributed by atoms with E-state index >= 15 is 0 Å². The second-order valence-corrected chi connectivity index (χ2v) is 7.83. The number of methoxy groups -OCH3 is 2. The molecule has 1 saturated heterocycles. The van der Waals surface area contributed by atoms with E-state index in [2.05, 4.69) is 5.32 Å². The summed E-state index contributed by atoms with van der Waals surface area (Å²) in [6, 6.07) is 5.53. The predicted molar refractivity (Wildman–Crippen MR) is 115 cm³/mol. The number of carbonyl (C=O) groups excluding carboxylic acids is 2. The van der Waals surface area contributed by atoms with Crippen LogP contribution in [0, 0.1) is 5.92 Å². The van der Waals surface area contributed by atoms with Gasteiger partial charge in [0.2, 0.25) is 11.7 Å². The number of hydrogen-bond donors (Lipinski definition) is 1. The summed E-state index contributed by atoms with van der Waals surface area (Å²) in [4.78, 5) is 27.0. The Morgan fingerprint density at radius 1 is 1.19 bits per heavy atom. The number of ether oxygens (including phenoxy) is 4. The lowest BCUT2D eigenvalue weighted by Gasteiger charge is -2.34. The van der Waals surface area contributed by atoms with Crippen molar-refractivity contribution in [2.75, 3.05) is 40.5 Å². The first-order chi connectivity index (χ1) is 15.0. The number of rotatable bonds is 8. The first kappa shape index (κ1) is 22.8. The van der Waals surface area contributed by atoms with Crippen LogP contribution in [0.1, 0.15) is 38.2 Å². The molecule has 1 aromatic carbocycles. The number of piperidine rings is 1. The first-order valence-electron chi connectivity index (χ1n) is 10.7. The van der Waals surface area contributed by atoms with Gasteiger partial charge in [-0.3, -0.25) is 9.59 Å². The average molecular weight is 433 g/mol. The summed E-state index contributed by atoms with van der Waals surface area (Å²) in [6.07, 6.45) is 3.10. The quantitative estimate of drug-likeness (QED) is 0.680. The van der Waals surface area contributed by atoms with Crippen molar-refractivity contribution >= 4 is 11.8 Å². The van der Waals surface area contributed by atoms with Gasteiger partial charge in [-0.2, -0.15) is 0 Å². The summed E-state index contributed by atoms with van der Waals surface area (Å²) in [5, 5.41) is 2.96. The van der Waals surface area contributed by atoms with Crippen LogP contribution in [-0.4, -0.2) is 57.2 Å². The Hall–Kier alpha value is -2.90. The molecule has 1 N–H and O–H groups in total. The van der Waals surface area contributed by atoms with Crippen LogP contribution >= 0.6 is 0 Å². The number of benzene rings is 1. The molecular weight excluding hydrogens is 400 g/mol. The number of likely N-dealkylation sites (tertiary alicyclic amines) is 1. The maximum atomic E-state index is 12.8. The minimum atomic E-state index is -0.113. The number of nitrogens with one attached hydrogen (secondary N) is 1. The molecule has 1 aromatic rings. The zero-order valence-corrected chi connectivity index (χ0v) is 18.6. The van der Waals surface area contributed by atoms with Crippen molar-refractivity contribution in [3.63, 3.8) is 0 Å². The molecule has 0 aliphatic carbocycles. The Balaban J connectivity index is 1.46. The van der Waals surface area contributed by atoms with E-state index in [0.717, 1.165) is 24.8 Å². The van der Waals surface area contributed by atoms with Crippen LogP contribution in [0.15, 0.2) is 29.7 Å². The fraction of sp³-hybridized carbons (Fsp3) is 0.565. The normalized spacial score (nSPS) is 18.7. The summed E-state index contributed by atoms with van der Waals surface area (Å²) in [6.45, 7) is 4.37. The molecule has 31 heavy (non-hydrogen) atoms. The van der Waals surface area contributed by atoms with E-state index in [1.54, 1.807) is 27.2 Å². The van der Waals surface area contributed by atoms with Crippen molar-refractivity contribution < 1.29 is 28.5 Å². The lowest BCUT2D eigenvalue weighted by Crippen LogP contribution is -2.42. The Morgan fingerprint density at radius 2 is 2.00 bits per heavy atom. The second-order valence-electron chi connectivity index (χ2n) is 7.83. The van der Waals surface area contributed by atoms with Gasteiger partial charge in [0.1, 0.15) is 30.5 Å². The molecule has 1 fully saturated rings. The molecule has 2 aliphatic heterocycles. The molecule has 8 nitrogen and oxygen atoms in total. The Bertz CT molecular complexity index is 822. The fourth-order valence-electron chi connectivity index (χ4n) is 3.96. The molecule has 3 rings (SSSR count). The van der Waals surface area contributed by atoms with Gasteiger partial charge in [0.15, 0.2) is 0 Å². The van der Waals surface area contributed by atoms with Crippen molar-refractivity contribution in [2.45, 2.75) is 39.2 Å². The number of carbonyl (C=O) groups is 2. The highest BCUT2D eigenvalue weighted by atomic mass is 16.6. The molecule has 0 unspecified atom stereocenters. The second kappa shape index (κ2) is 10.9. The lowest BCUT2D eigenvalue weighted by molar-refractivity contribution is -0.134. The van der Waals surface area contributed by atoms with E-state index in [1.807, 2.05) is 17.0 Å². The van der Waals surface area contributed by atoms with Crippen molar-refractivity contribution in [3.8, 4) is 11.5 Å². The predicted octanol–water partition coefficient (Wildman–Crippen LogP) is 2.62. The SMILES string of the molecule is COc1ccc(CNC(=O)CC[C@H]2CCCN(C(=O)C3=C(C)OCCO3)C2)c(OC)c1. The van der Waals surface area contributed by atoms with E-state index in [0.29, 0.717) is 68.2 Å². The summed E-state index contributed by atoms with van der Waals surface area (Å²) < 4.78 is 21.5. The van der Waals surface area contributed by atoms with Crippen LogP contribution in [0.3, 0.4) is 0 Å². The third kappa shape index (κ3) is 6.06. The maximum absolute atomic E-state index is 12.8. The maximum Gasteiger partial charge on any atom is 0.292 e. The zero-order valence-electron chi connectivity index (χ0n) is 18.6. The van der Waals surface area contributed by atoms with Crippen LogP contribution in [0.5, 0.6) is 11.5 Å². The molecule has 0 bridgehead atoms. The fourth-order valence-corrected chi connectivity index (χ4v) is 3.96. The van der Waals surface area contributed by atoms with Crippen LogP contribution in [0.25, 0.3) is 0 Å². The van der Waals surface area contributed by atoms with Crippen LogP contribution < -0.4 is 14.8 Å². The van der Waals surface area contributed by atoms with Gasteiger partial charge in [-0.25, -0.2) is 0 Å². The van der Waals surface area contributed by atoms with Crippen molar-refractivity contribution in [1.29, 1.82) is 0 Å². The summed E-state index contributed by atoms with van der Waals surface area (Å²) in [5.74, 6) is 2.43. The number of hydrogen-bond acceptors (Lipinski definition) is 6. The number of allylic oxidation sites excluding steroid dienone is 1.